The molecule has 0 radical (unpaired) electrons. The summed E-state index contributed by atoms with van der Waals surface area (Å²) < 4.78 is 5.44. The maximum Gasteiger partial charge on any atom is 0.0468 e. The molecule has 0 aliphatic carbocycles. The Bertz CT molecular complexity index is 166. The summed E-state index contributed by atoms with van der Waals surface area (Å²) >= 11 is 0. The van der Waals surface area contributed by atoms with Gasteiger partial charge in [0.1, 0.15) is 0 Å². The molecule has 1 aliphatic rings. The first-order valence-electron chi connectivity index (χ1n) is 7.68. The van der Waals surface area contributed by atoms with E-state index in [1.54, 1.807) is 0 Å². The number of unbranched alkanes of at least 4 members (excludes halogenated alkanes) is 2. The molecule has 0 aromatic carbocycles. The van der Waals surface area contributed by atoms with Gasteiger partial charge in [0.25, 0.3) is 0 Å². The van der Waals surface area contributed by atoms with Crippen LogP contribution in [0.25, 0.3) is 0 Å². The Morgan fingerprint density at radius 3 is 2.53 bits per heavy atom. The monoisotopic (exact) mass is 241 g/mol. The van der Waals surface area contributed by atoms with Gasteiger partial charge in [-0.3, -0.25) is 0 Å². The molecule has 1 saturated heterocycles. The molecule has 1 rings (SSSR count). The first kappa shape index (κ1) is 15.0. The van der Waals surface area contributed by atoms with E-state index in [0.29, 0.717) is 0 Å². The molecule has 0 amide bonds. The molecule has 0 spiro atoms. The van der Waals surface area contributed by atoms with Crippen LogP contribution in [-0.4, -0.2) is 25.8 Å². The second-order valence-corrected chi connectivity index (χ2v) is 5.44. The molecular formula is C15H31NO. The van der Waals surface area contributed by atoms with Crippen LogP contribution in [0.4, 0.5) is 0 Å². The molecule has 1 aliphatic heterocycles. The molecule has 1 unspecified atom stereocenters. The van der Waals surface area contributed by atoms with E-state index in [0.717, 1.165) is 25.2 Å². The van der Waals surface area contributed by atoms with Crippen molar-refractivity contribution in [3.63, 3.8) is 0 Å². The molecule has 0 aromatic heterocycles. The Kier molecular flexibility index (Phi) is 8.72. The molecule has 1 atom stereocenters. The second kappa shape index (κ2) is 9.90. The molecule has 0 saturated carbocycles. The Balaban J connectivity index is 2.22. The highest BCUT2D eigenvalue weighted by atomic mass is 16.5. The summed E-state index contributed by atoms with van der Waals surface area (Å²) in [7, 11) is 0. The normalized spacial score (nSPS) is 19.4. The van der Waals surface area contributed by atoms with Crippen molar-refractivity contribution in [1.29, 1.82) is 0 Å². The van der Waals surface area contributed by atoms with Crippen LogP contribution in [0.15, 0.2) is 0 Å². The Morgan fingerprint density at radius 1 is 1.12 bits per heavy atom. The summed E-state index contributed by atoms with van der Waals surface area (Å²) in [5, 5.41) is 3.73. The summed E-state index contributed by atoms with van der Waals surface area (Å²) in [5.41, 5.74) is 0. The van der Waals surface area contributed by atoms with Crippen molar-refractivity contribution >= 4 is 0 Å². The highest BCUT2D eigenvalue weighted by Gasteiger charge is 2.18. The SMILES string of the molecule is CCCCCC(CC1CCOCC1)NCCC. The maximum atomic E-state index is 5.44. The van der Waals surface area contributed by atoms with Gasteiger partial charge in [-0.05, 0) is 44.6 Å². The number of rotatable bonds is 9. The van der Waals surface area contributed by atoms with Gasteiger partial charge >= 0.3 is 0 Å². The van der Waals surface area contributed by atoms with Gasteiger partial charge in [0.15, 0.2) is 0 Å². The summed E-state index contributed by atoms with van der Waals surface area (Å²) in [5.74, 6) is 0.903. The van der Waals surface area contributed by atoms with Crippen LogP contribution in [-0.2, 0) is 4.74 Å². The Labute approximate surface area is 108 Å². The van der Waals surface area contributed by atoms with Gasteiger partial charge in [-0.2, -0.15) is 0 Å². The summed E-state index contributed by atoms with van der Waals surface area (Å²) in [4.78, 5) is 0. The highest BCUT2D eigenvalue weighted by Crippen LogP contribution is 2.22. The van der Waals surface area contributed by atoms with E-state index in [-0.39, 0.29) is 0 Å². The van der Waals surface area contributed by atoms with Gasteiger partial charge in [-0.1, -0.05) is 33.1 Å². The van der Waals surface area contributed by atoms with E-state index >= 15 is 0 Å². The minimum atomic E-state index is 0.754. The van der Waals surface area contributed by atoms with Crippen molar-refractivity contribution in [2.75, 3.05) is 19.8 Å². The van der Waals surface area contributed by atoms with Gasteiger partial charge in [0.2, 0.25) is 0 Å². The third-order valence-corrected chi connectivity index (χ3v) is 3.80. The van der Waals surface area contributed by atoms with Crippen LogP contribution >= 0.6 is 0 Å². The lowest BCUT2D eigenvalue weighted by molar-refractivity contribution is 0.0601. The molecule has 2 nitrogen and oxygen atoms in total. The standard InChI is InChI=1S/C15H31NO/c1-3-5-6-7-15(16-10-4-2)13-14-8-11-17-12-9-14/h14-16H,3-13H2,1-2H3. The number of ether oxygens (including phenoxy) is 1. The maximum absolute atomic E-state index is 5.44. The van der Waals surface area contributed by atoms with Gasteiger partial charge in [-0.25, -0.2) is 0 Å². The smallest absolute Gasteiger partial charge is 0.0468 e. The predicted octanol–water partition coefficient (Wildman–Crippen LogP) is 3.75. The topological polar surface area (TPSA) is 21.3 Å². The first-order chi connectivity index (χ1) is 8.36. The largest absolute Gasteiger partial charge is 0.381 e. The predicted molar refractivity (Wildman–Crippen MR) is 74.4 cm³/mol. The highest BCUT2D eigenvalue weighted by molar-refractivity contribution is 4.74. The summed E-state index contributed by atoms with van der Waals surface area (Å²) in [6.07, 6.45) is 10.6. The molecule has 1 fully saturated rings. The quantitative estimate of drug-likeness (QED) is 0.621. The lowest BCUT2D eigenvalue weighted by Crippen LogP contribution is -2.33. The van der Waals surface area contributed by atoms with E-state index in [9.17, 15) is 0 Å². The summed E-state index contributed by atoms with van der Waals surface area (Å²) in [6.45, 7) is 7.69. The molecule has 1 N–H and O–H groups in total. The minimum absolute atomic E-state index is 0.754. The van der Waals surface area contributed by atoms with Crippen LogP contribution in [0.1, 0.15) is 65.2 Å². The van der Waals surface area contributed by atoms with Crippen molar-refractivity contribution in [3.05, 3.63) is 0 Å². The summed E-state index contributed by atoms with van der Waals surface area (Å²) in [6, 6.07) is 0.754. The van der Waals surface area contributed by atoms with Crippen LogP contribution in [0, 0.1) is 5.92 Å². The van der Waals surface area contributed by atoms with E-state index < -0.39 is 0 Å². The average molecular weight is 241 g/mol. The van der Waals surface area contributed by atoms with Crippen LogP contribution in [0.3, 0.4) is 0 Å². The minimum Gasteiger partial charge on any atom is -0.381 e. The lowest BCUT2D eigenvalue weighted by Gasteiger charge is -2.27. The van der Waals surface area contributed by atoms with E-state index in [1.807, 2.05) is 0 Å². The van der Waals surface area contributed by atoms with Crippen molar-refractivity contribution in [1.82, 2.24) is 5.32 Å². The van der Waals surface area contributed by atoms with Crippen molar-refractivity contribution in [3.8, 4) is 0 Å². The van der Waals surface area contributed by atoms with Crippen molar-refractivity contribution < 1.29 is 4.74 Å². The number of nitrogens with one attached hydrogen (secondary N) is 1. The molecule has 1 heterocycles. The lowest BCUT2D eigenvalue weighted by atomic mass is 9.90. The van der Waals surface area contributed by atoms with Gasteiger partial charge < -0.3 is 10.1 Å². The zero-order chi connectivity index (χ0) is 12.3. The van der Waals surface area contributed by atoms with Crippen molar-refractivity contribution in [2.45, 2.75) is 71.3 Å². The fourth-order valence-electron chi connectivity index (χ4n) is 2.68. The van der Waals surface area contributed by atoms with E-state index in [1.165, 1.54) is 57.9 Å². The first-order valence-corrected chi connectivity index (χ1v) is 7.68. The third-order valence-electron chi connectivity index (χ3n) is 3.80. The third kappa shape index (κ3) is 7.05. The molecule has 102 valence electrons. The molecule has 0 aromatic rings. The number of hydrogen-bond donors (Lipinski definition) is 1. The van der Waals surface area contributed by atoms with Crippen LogP contribution in [0.5, 0.6) is 0 Å². The van der Waals surface area contributed by atoms with Crippen LogP contribution in [0.2, 0.25) is 0 Å². The van der Waals surface area contributed by atoms with Gasteiger partial charge in [0, 0.05) is 19.3 Å². The van der Waals surface area contributed by atoms with E-state index in [2.05, 4.69) is 19.2 Å². The molecule has 2 heteroatoms. The average Bonchev–Trinajstić information content (AvgIpc) is 2.37. The Hall–Kier alpha value is -0.0800. The van der Waals surface area contributed by atoms with Gasteiger partial charge in [-0.15, -0.1) is 0 Å². The Morgan fingerprint density at radius 2 is 1.88 bits per heavy atom. The number of hydrogen-bond acceptors (Lipinski definition) is 2. The zero-order valence-electron chi connectivity index (χ0n) is 11.8. The molecule has 0 bridgehead atoms. The fourth-order valence-corrected chi connectivity index (χ4v) is 2.68. The van der Waals surface area contributed by atoms with E-state index in [4.69, 9.17) is 4.74 Å². The fraction of sp³-hybridized carbons (Fsp3) is 1.00. The second-order valence-electron chi connectivity index (χ2n) is 5.44. The molecular weight excluding hydrogens is 210 g/mol. The zero-order valence-corrected chi connectivity index (χ0v) is 11.8. The molecule has 17 heavy (non-hydrogen) atoms. The van der Waals surface area contributed by atoms with Gasteiger partial charge in [0.05, 0.1) is 0 Å². The van der Waals surface area contributed by atoms with Crippen molar-refractivity contribution in [2.24, 2.45) is 5.92 Å². The van der Waals surface area contributed by atoms with Crippen LogP contribution < -0.4 is 5.32 Å².